The summed E-state index contributed by atoms with van der Waals surface area (Å²) in [5.41, 5.74) is 0.648. The molecule has 1 atom stereocenters. The van der Waals surface area contributed by atoms with Gasteiger partial charge in [-0.2, -0.15) is 10.5 Å². The summed E-state index contributed by atoms with van der Waals surface area (Å²) in [4.78, 5) is 22.9. The monoisotopic (exact) mass is 499 g/mol. The maximum atomic E-state index is 11.7. The van der Waals surface area contributed by atoms with Gasteiger partial charge in [0.2, 0.25) is 0 Å². The molecule has 36 heavy (non-hydrogen) atoms. The van der Waals surface area contributed by atoms with Crippen LogP contribution in [0.5, 0.6) is 0 Å². The fourth-order valence-electron chi connectivity index (χ4n) is 2.34. The molecule has 0 fully saturated rings. The number of nitriles is 2. The van der Waals surface area contributed by atoms with E-state index in [9.17, 15) is 14.7 Å². The Balaban J connectivity index is 0. The van der Waals surface area contributed by atoms with Crippen molar-refractivity contribution in [3.05, 3.63) is 54.1 Å². The molecule has 0 saturated carbocycles. The van der Waals surface area contributed by atoms with E-state index in [4.69, 9.17) is 20.0 Å². The summed E-state index contributed by atoms with van der Waals surface area (Å²) in [6.45, 7) is 17.8. The third kappa shape index (κ3) is 15.3. The molecule has 0 aliphatic heterocycles. The van der Waals surface area contributed by atoms with Crippen LogP contribution in [0.1, 0.15) is 61.0 Å². The van der Waals surface area contributed by atoms with Crippen LogP contribution in [0.3, 0.4) is 0 Å². The molecule has 1 amide bonds. The standard InChI is InChI=1S/C18H22N2O4.C8H13NO.C2H6/c1-13(2)16(21)23-8-9-24-17(22)20-15-7-5-6-14(10-15)11-18(3,4)12-19;1-4-5-7(10)8(2,3)6-9;1-2/h5-7,10H,1,8-9,11H2,2-4H3,(H,20,22);4-5,7,10H,1-3H3;1-2H3/b;5-4+;. The first-order valence-corrected chi connectivity index (χ1v) is 11.8. The van der Waals surface area contributed by atoms with Crippen molar-refractivity contribution in [2.45, 2.75) is 67.9 Å². The molecule has 0 aliphatic rings. The fraction of sp³-hybridized carbons (Fsp3) is 0.500. The van der Waals surface area contributed by atoms with Gasteiger partial charge >= 0.3 is 12.1 Å². The second-order valence-electron chi connectivity index (χ2n) is 8.85. The first-order valence-electron chi connectivity index (χ1n) is 11.8. The molecule has 0 heterocycles. The molecule has 198 valence electrons. The molecular weight excluding hydrogens is 458 g/mol. The Morgan fingerprint density at radius 2 is 1.72 bits per heavy atom. The van der Waals surface area contributed by atoms with E-state index in [0.717, 1.165) is 5.56 Å². The van der Waals surface area contributed by atoms with E-state index in [1.54, 1.807) is 44.2 Å². The van der Waals surface area contributed by atoms with Gasteiger partial charge < -0.3 is 14.6 Å². The van der Waals surface area contributed by atoms with Crippen LogP contribution in [0.25, 0.3) is 0 Å². The van der Waals surface area contributed by atoms with Crippen LogP contribution in [-0.2, 0) is 20.7 Å². The lowest BCUT2D eigenvalue weighted by Crippen LogP contribution is -2.25. The Morgan fingerprint density at radius 3 is 2.22 bits per heavy atom. The van der Waals surface area contributed by atoms with Crippen LogP contribution >= 0.6 is 0 Å². The zero-order valence-corrected chi connectivity index (χ0v) is 22.8. The number of aliphatic hydroxyl groups is 1. The minimum absolute atomic E-state index is 0.0322. The number of rotatable bonds is 9. The van der Waals surface area contributed by atoms with Crippen LogP contribution in [0, 0.1) is 33.5 Å². The molecule has 1 aromatic rings. The summed E-state index contributed by atoms with van der Waals surface area (Å²) in [7, 11) is 0. The highest BCUT2D eigenvalue weighted by atomic mass is 16.6. The molecular formula is C28H41N3O5. The van der Waals surface area contributed by atoms with Crippen molar-refractivity contribution in [1.82, 2.24) is 0 Å². The average molecular weight is 500 g/mol. The van der Waals surface area contributed by atoms with Crippen LogP contribution in [0.4, 0.5) is 10.5 Å². The smallest absolute Gasteiger partial charge is 0.411 e. The number of benzene rings is 1. The van der Waals surface area contributed by atoms with E-state index in [1.807, 2.05) is 46.8 Å². The van der Waals surface area contributed by atoms with E-state index in [1.165, 1.54) is 6.92 Å². The summed E-state index contributed by atoms with van der Waals surface area (Å²) in [6.07, 6.45) is 2.62. The third-order valence-corrected chi connectivity index (χ3v) is 4.42. The highest BCUT2D eigenvalue weighted by Gasteiger charge is 2.24. The average Bonchev–Trinajstić information content (AvgIpc) is 2.83. The lowest BCUT2D eigenvalue weighted by molar-refractivity contribution is -0.139. The van der Waals surface area contributed by atoms with Crippen molar-refractivity contribution >= 4 is 17.7 Å². The van der Waals surface area contributed by atoms with E-state index < -0.39 is 29.0 Å². The molecule has 8 nitrogen and oxygen atoms in total. The van der Waals surface area contributed by atoms with Crippen molar-refractivity contribution in [3.63, 3.8) is 0 Å². The number of amides is 1. The molecule has 1 aromatic carbocycles. The van der Waals surface area contributed by atoms with Gasteiger partial charge in [-0.1, -0.05) is 44.7 Å². The molecule has 0 saturated heterocycles. The number of esters is 1. The van der Waals surface area contributed by atoms with Crippen LogP contribution in [-0.4, -0.2) is 36.5 Å². The number of ether oxygens (including phenoxy) is 2. The quantitative estimate of drug-likeness (QED) is 0.186. The normalized spacial score (nSPS) is 11.3. The topological polar surface area (TPSA) is 132 Å². The van der Waals surface area contributed by atoms with Gasteiger partial charge in [0.15, 0.2) is 0 Å². The molecule has 1 unspecified atom stereocenters. The van der Waals surface area contributed by atoms with Crippen LogP contribution in [0.15, 0.2) is 48.6 Å². The van der Waals surface area contributed by atoms with Gasteiger partial charge in [0.25, 0.3) is 0 Å². The van der Waals surface area contributed by atoms with Gasteiger partial charge in [-0.05, 0) is 65.7 Å². The van der Waals surface area contributed by atoms with Gasteiger partial charge in [0.05, 0.1) is 29.1 Å². The van der Waals surface area contributed by atoms with Gasteiger partial charge in [-0.25, -0.2) is 9.59 Å². The Bertz CT molecular complexity index is 953. The second-order valence-corrected chi connectivity index (χ2v) is 8.85. The largest absolute Gasteiger partial charge is 0.459 e. The maximum absolute atomic E-state index is 11.7. The summed E-state index contributed by atoms with van der Waals surface area (Å²) in [6, 6.07) is 11.5. The van der Waals surface area contributed by atoms with Crippen molar-refractivity contribution in [1.29, 1.82) is 10.5 Å². The summed E-state index contributed by atoms with van der Waals surface area (Å²) >= 11 is 0. The number of nitrogens with one attached hydrogen (secondary N) is 1. The van der Waals surface area contributed by atoms with Crippen LogP contribution < -0.4 is 5.32 Å². The number of anilines is 1. The van der Waals surface area contributed by atoms with Gasteiger partial charge in [-0.15, -0.1) is 0 Å². The molecule has 0 spiro atoms. The van der Waals surface area contributed by atoms with Gasteiger partial charge in [0.1, 0.15) is 13.2 Å². The maximum Gasteiger partial charge on any atom is 0.411 e. The van der Waals surface area contributed by atoms with Crippen molar-refractivity contribution in [2.24, 2.45) is 10.8 Å². The zero-order valence-electron chi connectivity index (χ0n) is 22.8. The van der Waals surface area contributed by atoms with Crippen LogP contribution in [0.2, 0.25) is 0 Å². The van der Waals surface area contributed by atoms with Crippen molar-refractivity contribution in [3.8, 4) is 12.1 Å². The molecule has 1 rings (SSSR count). The van der Waals surface area contributed by atoms with E-state index in [-0.39, 0.29) is 18.8 Å². The minimum atomic E-state index is -0.674. The summed E-state index contributed by atoms with van der Waals surface area (Å²) in [5.74, 6) is -0.521. The van der Waals surface area contributed by atoms with Crippen molar-refractivity contribution < 1.29 is 24.2 Å². The van der Waals surface area contributed by atoms with E-state index in [0.29, 0.717) is 12.1 Å². The highest BCUT2D eigenvalue weighted by Crippen LogP contribution is 2.22. The zero-order chi connectivity index (χ0) is 28.4. The lowest BCUT2D eigenvalue weighted by Gasteiger charge is -2.18. The number of nitrogens with zero attached hydrogens (tertiary/aromatic N) is 2. The molecule has 0 aromatic heterocycles. The lowest BCUT2D eigenvalue weighted by atomic mass is 9.87. The van der Waals surface area contributed by atoms with E-state index in [2.05, 4.69) is 18.0 Å². The Hall–Kier alpha value is -3.62. The number of hydrogen-bond donors (Lipinski definition) is 2. The molecule has 0 bridgehead atoms. The number of carbonyl (C=O) groups excluding carboxylic acids is 2. The molecule has 0 aliphatic carbocycles. The molecule has 0 radical (unpaired) electrons. The van der Waals surface area contributed by atoms with Gasteiger partial charge in [-0.3, -0.25) is 5.32 Å². The molecule has 2 N–H and O–H groups in total. The predicted octanol–water partition coefficient (Wildman–Crippen LogP) is 5.95. The Labute approximate surface area is 216 Å². The van der Waals surface area contributed by atoms with Crippen molar-refractivity contribution in [2.75, 3.05) is 18.5 Å². The first-order chi connectivity index (χ1) is 16.8. The minimum Gasteiger partial charge on any atom is -0.459 e. The number of allylic oxidation sites excluding steroid dienone is 1. The van der Waals surface area contributed by atoms with Gasteiger partial charge in [0, 0.05) is 11.3 Å². The third-order valence-electron chi connectivity index (χ3n) is 4.42. The summed E-state index contributed by atoms with van der Waals surface area (Å²) < 4.78 is 9.75. The number of carbonyl (C=O) groups is 2. The number of hydrogen-bond acceptors (Lipinski definition) is 7. The summed E-state index contributed by atoms with van der Waals surface area (Å²) in [5, 5.41) is 29.5. The molecule has 8 heteroatoms. The number of aliphatic hydroxyl groups excluding tert-OH is 1. The fourth-order valence-corrected chi connectivity index (χ4v) is 2.34. The SMILES string of the molecule is C/C=C/C(O)C(C)(C)C#N.C=C(C)C(=O)OCCOC(=O)Nc1cccc(CC(C)(C)C#N)c1.CC. The Kier molecular flexibility index (Phi) is 17.0. The second kappa shape index (κ2) is 17.8. The van der Waals surface area contributed by atoms with E-state index >= 15 is 0 Å². The predicted molar refractivity (Wildman–Crippen MR) is 142 cm³/mol. The Morgan fingerprint density at radius 1 is 1.14 bits per heavy atom. The highest BCUT2D eigenvalue weighted by molar-refractivity contribution is 5.87. The first kappa shape index (κ1) is 34.5.